The van der Waals surface area contributed by atoms with Gasteiger partial charge >= 0.3 is 18.2 Å². The summed E-state index contributed by atoms with van der Waals surface area (Å²) in [6.07, 6.45) is -1.80. The predicted molar refractivity (Wildman–Crippen MR) is 120 cm³/mol. The number of aromatic nitrogens is 5. The monoisotopic (exact) mass is 530 g/mol. The number of carbonyl (C=O) groups is 1. The summed E-state index contributed by atoms with van der Waals surface area (Å²) in [6, 6.07) is 5.61. The van der Waals surface area contributed by atoms with Crippen LogP contribution in [0.1, 0.15) is 0 Å². The SMILES string of the molecule is Clc1[nH]c2nc(Oc3ccc4nccnc4c3)nc(N3CCOCC3)c2c1Cl.O=C(O)C(F)(F)F. The van der Waals surface area contributed by atoms with E-state index in [1.807, 2.05) is 6.07 Å². The van der Waals surface area contributed by atoms with Gasteiger partial charge in [-0.1, -0.05) is 23.2 Å². The highest BCUT2D eigenvalue weighted by Gasteiger charge is 2.38. The molecule has 0 radical (unpaired) electrons. The molecule has 2 N–H and O–H groups in total. The molecule has 0 aliphatic carbocycles. The van der Waals surface area contributed by atoms with Crippen LogP contribution in [-0.2, 0) is 9.53 Å². The Hall–Kier alpha value is -3.42. The summed E-state index contributed by atoms with van der Waals surface area (Å²) in [5.41, 5.74) is 2.02. The van der Waals surface area contributed by atoms with Gasteiger partial charge in [-0.15, -0.1) is 0 Å². The Balaban J connectivity index is 0.000000364. The van der Waals surface area contributed by atoms with E-state index >= 15 is 0 Å². The summed E-state index contributed by atoms with van der Waals surface area (Å²) in [6.45, 7) is 2.61. The van der Waals surface area contributed by atoms with Gasteiger partial charge in [0.1, 0.15) is 22.4 Å². The number of halogens is 5. The van der Waals surface area contributed by atoms with Crippen molar-refractivity contribution in [1.82, 2.24) is 24.9 Å². The molecule has 1 aliphatic rings. The van der Waals surface area contributed by atoms with Crippen LogP contribution in [0.25, 0.3) is 22.1 Å². The molecule has 4 heterocycles. The van der Waals surface area contributed by atoms with Gasteiger partial charge in [-0.2, -0.15) is 23.1 Å². The molecule has 35 heavy (non-hydrogen) atoms. The zero-order valence-electron chi connectivity index (χ0n) is 17.5. The standard InChI is InChI=1S/C18H14Cl2N6O2.C2HF3O2/c19-14-13-16(23-15(14)20)24-18(25-17(13)26-5-7-27-8-6-26)28-10-1-2-11-12(9-10)22-4-3-21-11;3-2(4,5)1(6)7/h1-4,9H,5-8H2,(H,23,24,25);(H,6,7). The first-order valence-corrected chi connectivity index (χ1v) is 10.6. The van der Waals surface area contributed by atoms with Crippen molar-refractivity contribution in [2.75, 3.05) is 31.2 Å². The molecule has 1 aliphatic heterocycles. The number of rotatable bonds is 3. The molecule has 1 saturated heterocycles. The first-order valence-electron chi connectivity index (χ1n) is 9.89. The summed E-state index contributed by atoms with van der Waals surface area (Å²) >= 11 is 12.6. The molecule has 10 nitrogen and oxygen atoms in total. The first-order chi connectivity index (χ1) is 16.6. The summed E-state index contributed by atoms with van der Waals surface area (Å²) in [5, 5.41) is 8.51. The third-order valence-corrected chi connectivity index (χ3v) is 5.47. The van der Waals surface area contributed by atoms with Crippen LogP contribution in [0.5, 0.6) is 11.8 Å². The molecule has 0 unspecified atom stereocenters. The molecule has 4 aromatic rings. The molecule has 0 atom stereocenters. The fraction of sp³-hybridized carbons (Fsp3) is 0.250. The number of H-pyrrole nitrogens is 1. The number of benzene rings is 1. The topological polar surface area (TPSA) is 126 Å². The molecule has 1 fully saturated rings. The number of alkyl halides is 3. The fourth-order valence-corrected chi connectivity index (χ4v) is 3.56. The van der Waals surface area contributed by atoms with Crippen LogP contribution >= 0.6 is 23.2 Å². The Bertz CT molecular complexity index is 1380. The Labute approximate surface area is 204 Å². The molecule has 5 rings (SSSR count). The second-order valence-corrected chi connectivity index (χ2v) is 7.77. The summed E-state index contributed by atoms with van der Waals surface area (Å²) in [4.78, 5) is 31.6. The second-order valence-electron chi connectivity index (χ2n) is 7.02. The van der Waals surface area contributed by atoms with E-state index in [-0.39, 0.29) is 6.01 Å². The van der Waals surface area contributed by atoms with Crippen LogP contribution in [0, 0.1) is 0 Å². The molecule has 0 saturated carbocycles. The Morgan fingerprint density at radius 1 is 1.11 bits per heavy atom. The lowest BCUT2D eigenvalue weighted by Gasteiger charge is -2.28. The van der Waals surface area contributed by atoms with Gasteiger partial charge < -0.3 is 24.5 Å². The third kappa shape index (κ3) is 5.63. The van der Waals surface area contributed by atoms with Gasteiger partial charge in [0.05, 0.1) is 34.7 Å². The van der Waals surface area contributed by atoms with Crippen molar-refractivity contribution in [3.63, 3.8) is 0 Å². The van der Waals surface area contributed by atoms with Gasteiger partial charge in [-0.25, -0.2) is 4.79 Å². The van der Waals surface area contributed by atoms with E-state index in [1.165, 1.54) is 0 Å². The number of aliphatic carboxylic acids is 1. The molecule has 3 aromatic heterocycles. The van der Waals surface area contributed by atoms with Crippen molar-refractivity contribution in [3.8, 4) is 11.8 Å². The Morgan fingerprint density at radius 3 is 2.43 bits per heavy atom. The number of nitrogens with zero attached hydrogens (tertiary/aromatic N) is 5. The maximum Gasteiger partial charge on any atom is 0.490 e. The smallest absolute Gasteiger partial charge is 0.475 e. The van der Waals surface area contributed by atoms with E-state index in [0.717, 1.165) is 11.0 Å². The van der Waals surface area contributed by atoms with Crippen molar-refractivity contribution in [1.29, 1.82) is 0 Å². The van der Waals surface area contributed by atoms with E-state index in [2.05, 4.69) is 29.8 Å². The highest BCUT2D eigenvalue weighted by atomic mass is 35.5. The zero-order valence-corrected chi connectivity index (χ0v) is 19.0. The van der Waals surface area contributed by atoms with E-state index in [4.69, 9.17) is 42.6 Å². The van der Waals surface area contributed by atoms with Gasteiger partial charge in [0.15, 0.2) is 0 Å². The average molecular weight is 531 g/mol. The number of morpholine rings is 1. The number of nitrogens with one attached hydrogen (secondary N) is 1. The lowest BCUT2D eigenvalue weighted by atomic mass is 10.3. The summed E-state index contributed by atoms with van der Waals surface area (Å²) in [7, 11) is 0. The maximum atomic E-state index is 10.6. The van der Waals surface area contributed by atoms with Crippen molar-refractivity contribution in [3.05, 3.63) is 40.8 Å². The average Bonchev–Trinajstić information content (AvgIpc) is 3.12. The molecule has 15 heteroatoms. The lowest BCUT2D eigenvalue weighted by molar-refractivity contribution is -0.192. The molecule has 0 spiro atoms. The van der Waals surface area contributed by atoms with Crippen molar-refractivity contribution < 1.29 is 32.5 Å². The number of hydrogen-bond acceptors (Lipinski definition) is 8. The molecular weight excluding hydrogens is 516 g/mol. The first kappa shape index (κ1) is 24.7. The van der Waals surface area contributed by atoms with Gasteiger partial charge in [0.25, 0.3) is 0 Å². The quantitative estimate of drug-likeness (QED) is 0.394. The highest BCUT2D eigenvalue weighted by molar-refractivity contribution is 6.45. The number of hydrogen-bond donors (Lipinski definition) is 2. The fourth-order valence-electron chi connectivity index (χ4n) is 3.15. The van der Waals surface area contributed by atoms with Crippen LogP contribution in [0.4, 0.5) is 19.0 Å². The van der Waals surface area contributed by atoms with Gasteiger partial charge in [0.2, 0.25) is 0 Å². The number of anilines is 1. The van der Waals surface area contributed by atoms with Crippen LogP contribution in [0.3, 0.4) is 0 Å². The van der Waals surface area contributed by atoms with Crippen LogP contribution < -0.4 is 9.64 Å². The second kappa shape index (κ2) is 10.1. The minimum absolute atomic E-state index is 0.187. The number of ether oxygens (including phenoxy) is 2. The van der Waals surface area contributed by atoms with E-state index in [0.29, 0.717) is 59.1 Å². The van der Waals surface area contributed by atoms with Crippen LogP contribution in [-0.4, -0.2) is 68.5 Å². The normalized spacial score (nSPS) is 14.0. The van der Waals surface area contributed by atoms with Crippen LogP contribution in [0.15, 0.2) is 30.6 Å². The van der Waals surface area contributed by atoms with Gasteiger partial charge in [0, 0.05) is 31.5 Å². The predicted octanol–water partition coefficient (Wildman–Crippen LogP) is 4.47. The number of carboxylic acid groups (broad SMARTS) is 1. The molecule has 184 valence electrons. The largest absolute Gasteiger partial charge is 0.490 e. The minimum Gasteiger partial charge on any atom is -0.475 e. The van der Waals surface area contributed by atoms with Crippen molar-refractivity contribution >= 4 is 57.1 Å². The summed E-state index contributed by atoms with van der Waals surface area (Å²) in [5.74, 6) is -1.53. The number of aromatic amines is 1. The molecular formula is C20H15Cl2F3N6O4. The molecule has 1 aromatic carbocycles. The molecule has 0 amide bonds. The van der Waals surface area contributed by atoms with E-state index in [9.17, 15) is 13.2 Å². The highest BCUT2D eigenvalue weighted by Crippen LogP contribution is 2.37. The number of carboxylic acids is 1. The van der Waals surface area contributed by atoms with Crippen molar-refractivity contribution in [2.45, 2.75) is 6.18 Å². The van der Waals surface area contributed by atoms with Gasteiger partial charge in [-0.3, -0.25) is 9.97 Å². The zero-order chi connectivity index (χ0) is 25.2. The minimum atomic E-state index is -5.08. The van der Waals surface area contributed by atoms with Gasteiger partial charge in [-0.05, 0) is 12.1 Å². The lowest BCUT2D eigenvalue weighted by Crippen LogP contribution is -2.37. The maximum absolute atomic E-state index is 10.6. The third-order valence-electron chi connectivity index (χ3n) is 4.71. The number of fused-ring (bicyclic) bond motifs is 2. The summed E-state index contributed by atoms with van der Waals surface area (Å²) < 4.78 is 43.1. The Morgan fingerprint density at radius 2 is 1.77 bits per heavy atom. The Kier molecular flexibility index (Phi) is 7.10. The van der Waals surface area contributed by atoms with E-state index < -0.39 is 12.1 Å². The van der Waals surface area contributed by atoms with Crippen LogP contribution in [0.2, 0.25) is 10.2 Å². The van der Waals surface area contributed by atoms with E-state index in [1.54, 1.807) is 24.5 Å². The van der Waals surface area contributed by atoms with Crippen molar-refractivity contribution in [2.24, 2.45) is 0 Å². The molecule has 0 bridgehead atoms.